The van der Waals surface area contributed by atoms with Gasteiger partial charge in [-0.1, -0.05) is 0 Å². The Morgan fingerprint density at radius 3 is 2.70 bits per heavy atom. The maximum atomic E-state index is 10.9. The third-order valence-electron chi connectivity index (χ3n) is 3.71. The van der Waals surface area contributed by atoms with Crippen LogP contribution in [0.4, 0.5) is 11.4 Å². The van der Waals surface area contributed by atoms with Crippen LogP contribution in [0.3, 0.4) is 0 Å². The van der Waals surface area contributed by atoms with Gasteiger partial charge in [-0.05, 0) is 25.7 Å². The molecule has 1 aliphatic heterocycles. The summed E-state index contributed by atoms with van der Waals surface area (Å²) in [6.45, 7) is 3.67. The van der Waals surface area contributed by atoms with E-state index in [1.54, 1.807) is 12.1 Å². The Morgan fingerprint density at radius 2 is 2.10 bits per heavy atom. The molecule has 6 nitrogen and oxygen atoms in total. The molecule has 1 atom stereocenters. The highest BCUT2D eigenvalue weighted by Crippen LogP contribution is 2.28. The number of non-ortho nitro benzene ring substituents is 1. The van der Waals surface area contributed by atoms with Gasteiger partial charge in [0.25, 0.3) is 5.69 Å². The lowest BCUT2D eigenvalue weighted by atomic mass is 9.93. The van der Waals surface area contributed by atoms with Crippen LogP contribution in [0.1, 0.15) is 19.8 Å². The number of hydrogen-bond donors (Lipinski definition) is 1. The van der Waals surface area contributed by atoms with Crippen molar-refractivity contribution in [2.75, 3.05) is 25.6 Å². The molecule has 1 fully saturated rings. The molecule has 0 radical (unpaired) electrons. The molecule has 2 rings (SSSR count). The minimum absolute atomic E-state index is 0.0334. The van der Waals surface area contributed by atoms with E-state index in [1.165, 1.54) is 13.2 Å². The number of ether oxygens (including phenoxy) is 2. The van der Waals surface area contributed by atoms with E-state index in [2.05, 4.69) is 12.2 Å². The molecule has 1 heterocycles. The summed E-state index contributed by atoms with van der Waals surface area (Å²) in [5, 5.41) is 14.3. The zero-order chi connectivity index (χ0) is 14.5. The smallest absolute Gasteiger partial charge is 0.275 e. The summed E-state index contributed by atoms with van der Waals surface area (Å²) in [5.41, 5.74) is 0.751. The van der Waals surface area contributed by atoms with Gasteiger partial charge in [-0.2, -0.15) is 0 Å². The lowest BCUT2D eigenvalue weighted by Gasteiger charge is -2.29. The lowest BCUT2D eigenvalue weighted by molar-refractivity contribution is -0.384. The van der Waals surface area contributed by atoms with E-state index in [4.69, 9.17) is 9.47 Å². The van der Waals surface area contributed by atoms with Gasteiger partial charge in [0.05, 0.1) is 18.1 Å². The van der Waals surface area contributed by atoms with Gasteiger partial charge in [-0.25, -0.2) is 0 Å². The van der Waals surface area contributed by atoms with Crippen LogP contribution in [0.15, 0.2) is 18.2 Å². The first-order valence-corrected chi connectivity index (χ1v) is 6.78. The van der Waals surface area contributed by atoms with Crippen LogP contribution in [-0.4, -0.2) is 31.3 Å². The van der Waals surface area contributed by atoms with Crippen LogP contribution in [0.25, 0.3) is 0 Å². The van der Waals surface area contributed by atoms with Gasteiger partial charge in [0.2, 0.25) is 0 Å². The van der Waals surface area contributed by atoms with Gasteiger partial charge >= 0.3 is 0 Å². The standard InChI is InChI=1S/C14H20N2O4/c1-10(11-3-5-20-6-4-11)15-12-7-13(16(17)18)9-14(8-12)19-2/h7-11,15H,3-6H2,1-2H3. The molecule has 0 aromatic heterocycles. The Kier molecular flexibility index (Phi) is 4.79. The average Bonchev–Trinajstić information content (AvgIpc) is 2.47. The largest absolute Gasteiger partial charge is 0.496 e. The number of nitro benzene ring substituents is 1. The van der Waals surface area contributed by atoms with E-state index >= 15 is 0 Å². The Hall–Kier alpha value is -1.82. The number of anilines is 1. The molecule has 1 aromatic rings. The zero-order valence-electron chi connectivity index (χ0n) is 11.8. The zero-order valence-corrected chi connectivity index (χ0v) is 11.8. The van der Waals surface area contributed by atoms with Crippen LogP contribution in [0.2, 0.25) is 0 Å². The van der Waals surface area contributed by atoms with Crippen molar-refractivity contribution in [1.82, 2.24) is 0 Å². The van der Waals surface area contributed by atoms with Crippen LogP contribution in [-0.2, 0) is 4.74 Å². The number of nitrogens with zero attached hydrogens (tertiary/aromatic N) is 1. The van der Waals surface area contributed by atoms with E-state index < -0.39 is 4.92 Å². The van der Waals surface area contributed by atoms with E-state index in [1.807, 2.05) is 0 Å². The second kappa shape index (κ2) is 6.56. The van der Waals surface area contributed by atoms with Crippen molar-refractivity contribution in [3.63, 3.8) is 0 Å². The van der Waals surface area contributed by atoms with Gasteiger partial charge in [-0.15, -0.1) is 0 Å². The van der Waals surface area contributed by atoms with Gasteiger partial charge in [0.15, 0.2) is 0 Å². The maximum Gasteiger partial charge on any atom is 0.275 e. The van der Waals surface area contributed by atoms with Crippen molar-refractivity contribution in [2.45, 2.75) is 25.8 Å². The van der Waals surface area contributed by atoms with Crippen LogP contribution < -0.4 is 10.1 Å². The van der Waals surface area contributed by atoms with Crippen molar-refractivity contribution in [1.29, 1.82) is 0 Å². The highest BCUT2D eigenvalue weighted by Gasteiger charge is 2.21. The van der Waals surface area contributed by atoms with E-state index in [9.17, 15) is 10.1 Å². The molecule has 0 saturated carbocycles. The summed E-state index contributed by atoms with van der Waals surface area (Å²) < 4.78 is 10.5. The Bertz CT molecular complexity index is 472. The quantitative estimate of drug-likeness (QED) is 0.663. The highest BCUT2D eigenvalue weighted by atomic mass is 16.6. The fraction of sp³-hybridized carbons (Fsp3) is 0.571. The molecule has 6 heteroatoms. The normalized spacial score (nSPS) is 17.5. The molecule has 1 aliphatic rings. The molecule has 0 amide bonds. The van der Waals surface area contributed by atoms with Crippen molar-refractivity contribution in [3.8, 4) is 5.75 Å². The Balaban J connectivity index is 2.11. The van der Waals surface area contributed by atoms with Crippen LogP contribution in [0, 0.1) is 16.0 Å². The van der Waals surface area contributed by atoms with Gasteiger partial charge in [0, 0.05) is 37.1 Å². The number of benzene rings is 1. The fourth-order valence-corrected chi connectivity index (χ4v) is 2.49. The Labute approximate surface area is 118 Å². The minimum atomic E-state index is -0.410. The third kappa shape index (κ3) is 3.60. The molecule has 1 aromatic carbocycles. The van der Waals surface area contributed by atoms with E-state index in [0.717, 1.165) is 31.7 Å². The first-order chi connectivity index (χ1) is 9.60. The molecule has 1 N–H and O–H groups in total. The van der Waals surface area contributed by atoms with E-state index in [0.29, 0.717) is 11.7 Å². The number of nitro groups is 1. The Morgan fingerprint density at radius 1 is 1.40 bits per heavy atom. The monoisotopic (exact) mass is 280 g/mol. The molecular weight excluding hydrogens is 260 g/mol. The molecule has 20 heavy (non-hydrogen) atoms. The van der Waals surface area contributed by atoms with Crippen molar-refractivity contribution < 1.29 is 14.4 Å². The van der Waals surface area contributed by atoms with Crippen LogP contribution >= 0.6 is 0 Å². The molecule has 0 spiro atoms. The highest BCUT2D eigenvalue weighted by molar-refractivity contribution is 5.56. The van der Waals surface area contributed by atoms with E-state index in [-0.39, 0.29) is 11.7 Å². The molecule has 1 unspecified atom stereocenters. The number of nitrogens with one attached hydrogen (secondary N) is 1. The summed E-state index contributed by atoms with van der Waals surface area (Å²) in [7, 11) is 1.50. The minimum Gasteiger partial charge on any atom is -0.496 e. The lowest BCUT2D eigenvalue weighted by Crippen LogP contribution is -2.30. The average molecular weight is 280 g/mol. The third-order valence-corrected chi connectivity index (χ3v) is 3.71. The molecule has 0 bridgehead atoms. The summed E-state index contributed by atoms with van der Waals surface area (Å²) in [4.78, 5) is 10.5. The number of hydrogen-bond acceptors (Lipinski definition) is 5. The molecular formula is C14H20N2O4. The summed E-state index contributed by atoms with van der Waals surface area (Å²) >= 11 is 0. The molecule has 0 aliphatic carbocycles. The van der Waals surface area contributed by atoms with Gasteiger partial charge < -0.3 is 14.8 Å². The fourth-order valence-electron chi connectivity index (χ4n) is 2.49. The predicted octanol–water partition coefficient (Wildman–Crippen LogP) is 2.83. The second-order valence-corrected chi connectivity index (χ2v) is 5.06. The number of rotatable bonds is 5. The molecule has 1 saturated heterocycles. The van der Waals surface area contributed by atoms with Crippen LogP contribution in [0.5, 0.6) is 5.75 Å². The first-order valence-electron chi connectivity index (χ1n) is 6.78. The van der Waals surface area contributed by atoms with Crippen molar-refractivity contribution in [2.24, 2.45) is 5.92 Å². The van der Waals surface area contributed by atoms with Crippen molar-refractivity contribution in [3.05, 3.63) is 28.3 Å². The van der Waals surface area contributed by atoms with Gasteiger partial charge in [-0.3, -0.25) is 10.1 Å². The van der Waals surface area contributed by atoms with Gasteiger partial charge in [0.1, 0.15) is 5.75 Å². The first kappa shape index (κ1) is 14.6. The predicted molar refractivity (Wildman–Crippen MR) is 76.3 cm³/mol. The number of methoxy groups -OCH3 is 1. The maximum absolute atomic E-state index is 10.9. The topological polar surface area (TPSA) is 73.6 Å². The summed E-state index contributed by atoms with van der Waals surface area (Å²) in [6, 6.07) is 4.98. The molecule has 110 valence electrons. The second-order valence-electron chi connectivity index (χ2n) is 5.06. The summed E-state index contributed by atoms with van der Waals surface area (Å²) in [5.74, 6) is 1.01. The summed E-state index contributed by atoms with van der Waals surface area (Å²) in [6.07, 6.45) is 2.03. The SMILES string of the molecule is COc1cc(NC(C)C2CCOCC2)cc([N+](=O)[O-])c1. The van der Waals surface area contributed by atoms with Crippen molar-refractivity contribution >= 4 is 11.4 Å².